The molecule has 0 N–H and O–H groups in total. The van der Waals surface area contributed by atoms with Crippen LogP contribution in [0.15, 0.2) is 251 Å². The lowest BCUT2D eigenvalue weighted by Crippen LogP contribution is -2.25. The Balaban J connectivity index is 0.704. The maximum Gasteiger partial charge on any atom is 0.144 e. The van der Waals surface area contributed by atoms with E-state index in [2.05, 4.69) is 311 Å². The van der Waals surface area contributed by atoms with Gasteiger partial charge >= 0.3 is 0 Å². The van der Waals surface area contributed by atoms with Crippen LogP contribution in [0.25, 0.3) is 133 Å². The first kappa shape index (κ1) is 66.7. The number of furan rings is 2. The van der Waals surface area contributed by atoms with Crippen molar-refractivity contribution in [2.45, 2.75) is 181 Å². The largest absolute Gasteiger partial charge is 0.455 e. The first-order chi connectivity index (χ1) is 51.2. The molecule has 0 bridgehead atoms. The first-order valence-electron chi connectivity index (χ1n) is 39.5. The Morgan fingerprint density at radius 2 is 0.790 bits per heavy atom. The van der Waals surface area contributed by atoms with Crippen molar-refractivity contribution in [1.29, 1.82) is 0 Å². The molecule has 0 unspecified atom stereocenters. The molecule has 0 amide bonds. The molecule has 14 aromatic rings. The smallest absolute Gasteiger partial charge is 0.144 e. The Morgan fingerprint density at radius 3 is 1.45 bits per heavy atom. The number of benzene rings is 12. The van der Waals surface area contributed by atoms with Crippen LogP contribution in [0.5, 0.6) is 0 Å². The fraction of sp³-hybridized carbons (Fsp3) is 0.275. The van der Waals surface area contributed by atoms with Crippen LogP contribution >= 0.6 is 0 Å². The van der Waals surface area contributed by atoms with Gasteiger partial charge in [-0.15, -0.1) is 0 Å². The normalized spacial score (nSPS) is 15.1. The van der Waals surface area contributed by atoms with Gasteiger partial charge in [-0.25, -0.2) is 0 Å². The predicted octanol–water partition coefficient (Wildman–Crippen LogP) is 29.9. The van der Waals surface area contributed by atoms with Crippen LogP contribution in [0, 0.1) is 0 Å². The predicted molar refractivity (Wildman–Crippen MR) is 446 cm³/mol. The SMILES string of the molecule is C/C=C(\C)N(c1ccc2c(c1)C(C)(C)c1c3c(c4oc5ccccc5c4c1-2)-c1ccc(-c2ccc(-c4ccc5c(c4)C(C)(C)c4cc(-c6ccc7c(c6)C(CCCCCCCC)(CCCCCCCC)c6ccccc6-7)ccc4-5)c4c2oc2ccccc24)cc1C3(C)C)c1ccccc1-c1ccccc1. The zero-order valence-electron chi connectivity index (χ0n) is 63.2. The quantitative estimate of drug-likeness (QED) is 0.0672. The van der Waals surface area contributed by atoms with E-state index in [9.17, 15) is 0 Å². The summed E-state index contributed by atoms with van der Waals surface area (Å²) >= 11 is 0. The molecule has 4 aliphatic rings. The third kappa shape index (κ3) is 10.4. The number of nitrogens with zero attached hydrogens (tertiary/aromatic N) is 1. The zero-order chi connectivity index (χ0) is 71.7. The molecule has 2 aromatic heterocycles. The lowest BCUT2D eigenvalue weighted by Gasteiger charge is -2.33. The molecule has 522 valence electrons. The van der Waals surface area contributed by atoms with Crippen molar-refractivity contribution in [1.82, 2.24) is 0 Å². The number of hydrogen-bond acceptors (Lipinski definition) is 3. The minimum Gasteiger partial charge on any atom is -0.455 e. The molecular formula is C102H97NO2. The van der Waals surface area contributed by atoms with Gasteiger partial charge in [-0.1, -0.05) is 308 Å². The van der Waals surface area contributed by atoms with E-state index < -0.39 is 5.41 Å². The van der Waals surface area contributed by atoms with Crippen LogP contribution in [-0.2, 0) is 21.7 Å². The van der Waals surface area contributed by atoms with Crippen LogP contribution in [0.1, 0.15) is 204 Å². The number of allylic oxidation sites excluding steroid dienone is 2. The summed E-state index contributed by atoms with van der Waals surface area (Å²) in [6.45, 7) is 23.8. The Kier molecular flexibility index (Phi) is 16.4. The van der Waals surface area contributed by atoms with Gasteiger partial charge in [-0.3, -0.25) is 0 Å². The van der Waals surface area contributed by atoms with Gasteiger partial charge in [0.1, 0.15) is 22.3 Å². The van der Waals surface area contributed by atoms with E-state index in [0.29, 0.717) is 0 Å². The average molecular weight is 1370 g/mol. The van der Waals surface area contributed by atoms with Crippen molar-refractivity contribution < 1.29 is 8.83 Å². The minimum atomic E-state index is -0.412. The summed E-state index contributed by atoms with van der Waals surface area (Å²) in [7, 11) is 0. The third-order valence-corrected chi connectivity index (χ3v) is 25.6. The summed E-state index contributed by atoms with van der Waals surface area (Å²) in [6, 6.07) is 87.9. The maximum absolute atomic E-state index is 7.26. The number of hydrogen-bond donors (Lipinski definition) is 0. The highest BCUT2D eigenvalue weighted by molar-refractivity contribution is 6.21. The van der Waals surface area contributed by atoms with E-state index in [1.807, 2.05) is 0 Å². The van der Waals surface area contributed by atoms with Crippen molar-refractivity contribution in [3.05, 3.63) is 287 Å². The average Bonchev–Trinajstić information content (AvgIpc) is 1.50. The lowest BCUT2D eigenvalue weighted by molar-refractivity contribution is 0.398. The van der Waals surface area contributed by atoms with E-state index in [1.165, 1.54) is 212 Å². The number of para-hydroxylation sites is 3. The van der Waals surface area contributed by atoms with Gasteiger partial charge in [0, 0.05) is 71.3 Å². The van der Waals surface area contributed by atoms with Gasteiger partial charge in [0.25, 0.3) is 0 Å². The molecule has 0 radical (unpaired) electrons. The summed E-state index contributed by atoms with van der Waals surface area (Å²) in [5.41, 5.74) is 37.6. The third-order valence-electron chi connectivity index (χ3n) is 25.6. The first-order valence-corrected chi connectivity index (χ1v) is 39.5. The number of fused-ring (bicyclic) bond motifs is 21. The van der Waals surface area contributed by atoms with Crippen molar-refractivity contribution in [3.63, 3.8) is 0 Å². The van der Waals surface area contributed by atoms with Crippen LogP contribution in [-0.4, -0.2) is 0 Å². The fourth-order valence-electron chi connectivity index (χ4n) is 20.1. The Bertz CT molecular complexity index is 5820. The number of unbranched alkanes of at least 4 members (excludes halogenated alkanes) is 10. The summed E-state index contributed by atoms with van der Waals surface area (Å²) in [5, 5.41) is 4.63. The Morgan fingerprint density at radius 1 is 0.343 bits per heavy atom. The molecule has 3 heteroatoms. The molecule has 2 heterocycles. The molecule has 3 nitrogen and oxygen atoms in total. The number of rotatable bonds is 21. The Labute approximate surface area is 621 Å². The molecular weight excluding hydrogens is 1270 g/mol. The molecule has 105 heavy (non-hydrogen) atoms. The summed E-state index contributed by atoms with van der Waals surface area (Å²) in [4.78, 5) is 2.45. The molecule has 18 rings (SSSR count). The van der Waals surface area contributed by atoms with Gasteiger partial charge in [-0.05, 0) is 204 Å². The molecule has 0 spiro atoms. The molecule has 0 aliphatic heterocycles. The van der Waals surface area contributed by atoms with Crippen molar-refractivity contribution in [2.24, 2.45) is 0 Å². The highest BCUT2D eigenvalue weighted by atomic mass is 16.3. The van der Waals surface area contributed by atoms with E-state index in [0.717, 1.165) is 61.0 Å². The molecule has 12 aromatic carbocycles. The molecule has 0 atom stereocenters. The lowest BCUT2D eigenvalue weighted by atomic mass is 9.70. The molecule has 0 saturated heterocycles. The van der Waals surface area contributed by atoms with E-state index in [1.54, 1.807) is 11.1 Å². The van der Waals surface area contributed by atoms with Gasteiger partial charge in [0.2, 0.25) is 0 Å². The van der Waals surface area contributed by atoms with Crippen LogP contribution in [0.3, 0.4) is 0 Å². The summed E-state index contributed by atoms with van der Waals surface area (Å²) < 4.78 is 14.5. The van der Waals surface area contributed by atoms with Crippen molar-refractivity contribution in [2.75, 3.05) is 4.90 Å². The van der Waals surface area contributed by atoms with Crippen molar-refractivity contribution >= 4 is 55.3 Å². The molecule has 0 saturated carbocycles. The standard InChI is InChI=1S/C102H97NO2/c1-11-14-16-18-20-33-57-102(58-34-21-19-17-15-12-2)82-41-29-25-38-74(82)77-51-46-67(60-87(77)102)66-45-50-75-76-52-47-68(61-84(76)99(5,6)83(75)59-66)72-55-56-73(97-91(72)80-39-27-31-43-89(80)104-97)69-48-53-79-85(62-69)100(7,8)96-94(79)98-93(81-40-28-32-44-90(81)105-98)92-78-54-49-70(63-86(78)101(9,10)95(92)96)103(64(4)13-3)88-42-30-26-37-71(88)65-35-23-22-24-36-65/h13,22-32,35-56,59-63H,11-12,14-21,33-34,57-58H2,1-10H3/b64-13+. The zero-order valence-corrected chi connectivity index (χ0v) is 63.2. The van der Waals surface area contributed by atoms with Crippen LogP contribution in [0.4, 0.5) is 11.4 Å². The maximum atomic E-state index is 7.26. The topological polar surface area (TPSA) is 29.5 Å². The monoisotopic (exact) mass is 1370 g/mol. The van der Waals surface area contributed by atoms with Crippen LogP contribution < -0.4 is 4.90 Å². The summed E-state index contributed by atoms with van der Waals surface area (Å²) in [5.74, 6) is 0. The van der Waals surface area contributed by atoms with Gasteiger partial charge < -0.3 is 13.7 Å². The summed E-state index contributed by atoms with van der Waals surface area (Å²) in [6.07, 6.45) is 20.5. The minimum absolute atomic E-state index is 0.0333. The van der Waals surface area contributed by atoms with E-state index in [-0.39, 0.29) is 16.2 Å². The van der Waals surface area contributed by atoms with Gasteiger partial charge in [-0.2, -0.15) is 0 Å². The highest BCUT2D eigenvalue weighted by Crippen LogP contribution is 2.65. The molecule has 0 fully saturated rings. The van der Waals surface area contributed by atoms with E-state index >= 15 is 0 Å². The van der Waals surface area contributed by atoms with Crippen molar-refractivity contribution in [3.8, 4) is 89.0 Å². The fourth-order valence-corrected chi connectivity index (χ4v) is 20.1. The van der Waals surface area contributed by atoms with Gasteiger partial charge in [0.05, 0.1) is 5.69 Å². The van der Waals surface area contributed by atoms with Crippen LogP contribution in [0.2, 0.25) is 0 Å². The second-order valence-electron chi connectivity index (χ2n) is 32.7. The second kappa shape index (κ2) is 25.8. The van der Waals surface area contributed by atoms with Gasteiger partial charge in [0.15, 0.2) is 0 Å². The number of anilines is 2. The second-order valence-corrected chi connectivity index (χ2v) is 32.7. The molecule has 4 aliphatic carbocycles. The highest BCUT2D eigenvalue weighted by Gasteiger charge is 2.50. The Hall–Kier alpha value is -10.2. The van der Waals surface area contributed by atoms with E-state index in [4.69, 9.17) is 8.83 Å².